The summed E-state index contributed by atoms with van der Waals surface area (Å²) in [5, 5.41) is 7.57. The molecule has 1 saturated heterocycles. The van der Waals surface area contributed by atoms with Crippen LogP contribution in [0.3, 0.4) is 0 Å². The monoisotopic (exact) mass is 464 g/mol. The van der Waals surface area contributed by atoms with E-state index in [-0.39, 0.29) is 24.3 Å². The van der Waals surface area contributed by atoms with Crippen LogP contribution in [0, 0.1) is 5.92 Å². The van der Waals surface area contributed by atoms with Crippen LogP contribution in [0.4, 0.5) is 25.3 Å². The molecule has 3 atom stereocenters. The average molecular weight is 465 g/mol. The number of hydrogen-bond donors (Lipinski definition) is 1. The van der Waals surface area contributed by atoms with E-state index < -0.39 is 30.5 Å². The number of hydrogen-bond acceptors (Lipinski definition) is 8. The van der Waals surface area contributed by atoms with E-state index in [1.807, 2.05) is 0 Å². The molecule has 1 aromatic carbocycles. The van der Waals surface area contributed by atoms with Crippen molar-refractivity contribution in [3.05, 3.63) is 47.4 Å². The van der Waals surface area contributed by atoms with E-state index in [0.29, 0.717) is 10.8 Å². The minimum absolute atomic E-state index is 0.136. The summed E-state index contributed by atoms with van der Waals surface area (Å²) in [5.74, 6) is -0.0970. The highest BCUT2D eigenvalue weighted by atomic mass is 35.5. The second-order valence-corrected chi connectivity index (χ2v) is 7.71. The van der Waals surface area contributed by atoms with Gasteiger partial charge in [0.05, 0.1) is 6.04 Å². The van der Waals surface area contributed by atoms with Crippen LogP contribution in [0.5, 0.6) is 0 Å². The molecule has 12 heteroatoms. The van der Waals surface area contributed by atoms with Crippen LogP contribution in [-0.2, 0) is 4.74 Å². The van der Waals surface area contributed by atoms with E-state index in [1.54, 1.807) is 31.2 Å². The Morgan fingerprint density at radius 1 is 1.19 bits per heavy atom. The highest BCUT2D eigenvalue weighted by Gasteiger charge is 2.41. The van der Waals surface area contributed by atoms with Crippen LogP contribution in [0.25, 0.3) is 11.4 Å². The summed E-state index contributed by atoms with van der Waals surface area (Å²) >= 11 is 5.90. The summed E-state index contributed by atoms with van der Waals surface area (Å²) in [4.78, 5) is 26.1. The van der Waals surface area contributed by atoms with Gasteiger partial charge in [-0.3, -0.25) is 4.90 Å². The molecule has 0 saturated carbocycles. The zero-order valence-electron chi connectivity index (χ0n) is 17.1. The number of ether oxygens (including phenoxy) is 1. The first-order valence-corrected chi connectivity index (χ1v) is 10.1. The summed E-state index contributed by atoms with van der Waals surface area (Å²) in [6.45, 7) is 2.99. The molecule has 9 nitrogen and oxygen atoms in total. The first kappa shape index (κ1) is 21.9. The SMILES string of the molecule is CC(C(F)F)C1COC(=O)N1c1ccnc(N[C@@H](C)c2nc(-c3ccc(Cl)cc3)no2)n1. The number of aromatic nitrogens is 4. The van der Waals surface area contributed by atoms with Crippen LogP contribution in [0.2, 0.25) is 5.02 Å². The number of nitrogens with one attached hydrogen (secondary N) is 1. The smallest absolute Gasteiger partial charge is 0.415 e. The predicted molar refractivity (Wildman–Crippen MR) is 112 cm³/mol. The van der Waals surface area contributed by atoms with Gasteiger partial charge in [0.25, 0.3) is 0 Å². The number of nitrogens with zero attached hydrogens (tertiary/aromatic N) is 5. The number of anilines is 2. The maximum Gasteiger partial charge on any atom is 0.415 e. The Kier molecular flexibility index (Phi) is 6.17. The summed E-state index contributed by atoms with van der Waals surface area (Å²) in [6, 6.07) is 7.14. The third-order valence-electron chi connectivity index (χ3n) is 5.06. The lowest BCUT2D eigenvalue weighted by atomic mass is 10.0. The Morgan fingerprint density at radius 2 is 1.94 bits per heavy atom. The number of benzene rings is 1. The van der Waals surface area contributed by atoms with E-state index in [9.17, 15) is 13.6 Å². The lowest BCUT2D eigenvalue weighted by Crippen LogP contribution is -2.41. The fourth-order valence-corrected chi connectivity index (χ4v) is 3.32. The van der Waals surface area contributed by atoms with Crippen LogP contribution in [-0.4, -0.2) is 45.3 Å². The van der Waals surface area contributed by atoms with E-state index in [1.165, 1.54) is 19.2 Å². The van der Waals surface area contributed by atoms with Gasteiger partial charge in [0.15, 0.2) is 0 Å². The molecule has 168 valence electrons. The average Bonchev–Trinajstić information content (AvgIpc) is 3.41. The molecule has 2 unspecified atom stereocenters. The minimum atomic E-state index is -2.61. The molecule has 1 N–H and O–H groups in total. The lowest BCUT2D eigenvalue weighted by Gasteiger charge is -2.25. The number of halogens is 3. The van der Waals surface area contributed by atoms with Crippen LogP contribution in [0.15, 0.2) is 41.1 Å². The maximum atomic E-state index is 13.2. The Bertz CT molecular complexity index is 1100. The van der Waals surface area contributed by atoms with Gasteiger partial charge in [-0.15, -0.1) is 0 Å². The van der Waals surface area contributed by atoms with E-state index in [0.717, 1.165) is 10.5 Å². The maximum absolute atomic E-state index is 13.2. The number of amides is 1. The van der Waals surface area contributed by atoms with Gasteiger partial charge in [-0.1, -0.05) is 23.7 Å². The lowest BCUT2D eigenvalue weighted by molar-refractivity contribution is 0.0685. The molecular formula is C20H19ClF2N6O3. The zero-order chi connectivity index (χ0) is 22.8. The largest absolute Gasteiger partial charge is 0.447 e. The van der Waals surface area contributed by atoms with Gasteiger partial charge in [-0.2, -0.15) is 9.97 Å². The molecule has 3 aromatic rings. The molecule has 0 radical (unpaired) electrons. The van der Waals surface area contributed by atoms with Gasteiger partial charge in [0, 0.05) is 22.7 Å². The Balaban J connectivity index is 1.50. The quantitative estimate of drug-likeness (QED) is 0.541. The van der Waals surface area contributed by atoms with E-state index in [2.05, 4.69) is 25.4 Å². The highest BCUT2D eigenvalue weighted by molar-refractivity contribution is 6.30. The number of rotatable bonds is 7. The molecule has 0 spiro atoms. The fraction of sp³-hybridized carbons (Fsp3) is 0.350. The summed E-state index contributed by atoms with van der Waals surface area (Å²) in [5.41, 5.74) is 0.738. The van der Waals surface area contributed by atoms with Crippen molar-refractivity contribution in [3.8, 4) is 11.4 Å². The van der Waals surface area contributed by atoms with Crippen molar-refractivity contribution < 1.29 is 22.8 Å². The Morgan fingerprint density at radius 3 is 2.66 bits per heavy atom. The minimum Gasteiger partial charge on any atom is -0.447 e. The standard InChI is InChI=1S/C20H19ClF2N6O3/c1-10(16(22)23)14-9-31-20(30)29(14)15-7-8-24-19(26-15)25-11(2)18-27-17(28-32-18)12-3-5-13(21)6-4-12/h3-8,10-11,14,16H,9H2,1-2H3,(H,24,25,26)/t10?,11-,14?/m0/s1. The second kappa shape index (κ2) is 9.03. The van der Waals surface area contributed by atoms with Crippen molar-refractivity contribution in [2.45, 2.75) is 32.4 Å². The molecule has 1 aliphatic rings. The van der Waals surface area contributed by atoms with E-state index in [4.69, 9.17) is 20.9 Å². The number of alkyl halides is 2. The normalized spacial score (nSPS) is 18.0. The molecule has 1 aliphatic heterocycles. The molecule has 2 aromatic heterocycles. The third-order valence-corrected chi connectivity index (χ3v) is 5.31. The molecular weight excluding hydrogens is 446 g/mol. The first-order chi connectivity index (χ1) is 15.3. The summed E-state index contributed by atoms with van der Waals surface area (Å²) in [7, 11) is 0. The van der Waals surface area contributed by atoms with Crippen molar-refractivity contribution >= 4 is 29.5 Å². The third kappa shape index (κ3) is 4.47. The van der Waals surface area contributed by atoms with Crippen LogP contribution in [0.1, 0.15) is 25.8 Å². The summed E-state index contributed by atoms with van der Waals surface area (Å²) in [6.07, 6.45) is -1.92. The molecule has 0 aliphatic carbocycles. The van der Waals surface area contributed by atoms with Crippen molar-refractivity contribution in [2.24, 2.45) is 5.92 Å². The van der Waals surface area contributed by atoms with Crippen molar-refractivity contribution in [1.82, 2.24) is 20.1 Å². The topological polar surface area (TPSA) is 106 Å². The van der Waals surface area contributed by atoms with Crippen molar-refractivity contribution in [2.75, 3.05) is 16.8 Å². The van der Waals surface area contributed by atoms with Crippen molar-refractivity contribution in [1.29, 1.82) is 0 Å². The van der Waals surface area contributed by atoms with Crippen LogP contribution < -0.4 is 10.2 Å². The first-order valence-electron chi connectivity index (χ1n) is 9.76. The number of carbonyl (C=O) groups is 1. The summed E-state index contributed by atoms with van der Waals surface area (Å²) < 4.78 is 36.7. The molecule has 4 rings (SSSR count). The predicted octanol–water partition coefficient (Wildman–Crippen LogP) is 4.58. The van der Waals surface area contributed by atoms with E-state index >= 15 is 0 Å². The molecule has 3 heterocycles. The second-order valence-electron chi connectivity index (χ2n) is 7.28. The molecule has 0 bridgehead atoms. The molecule has 1 fully saturated rings. The fourth-order valence-electron chi connectivity index (χ4n) is 3.19. The van der Waals surface area contributed by atoms with Gasteiger partial charge < -0.3 is 14.6 Å². The Hall–Kier alpha value is -3.34. The highest BCUT2D eigenvalue weighted by Crippen LogP contribution is 2.29. The number of cyclic esters (lactones) is 1. The van der Waals surface area contributed by atoms with Crippen molar-refractivity contribution in [3.63, 3.8) is 0 Å². The van der Waals surface area contributed by atoms with Gasteiger partial charge in [-0.25, -0.2) is 18.6 Å². The molecule has 1 amide bonds. The van der Waals surface area contributed by atoms with Gasteiger partial charge in [0.1, 0.15) is 18.5 Å². The van der Waals surface area contributed by atoms with Gasteiger partial charge in [-0.05, 0) is 37.3 Å². The van der Waals surface area contributed by atoms with Gasteiger partial charge in [0.2, 0.25) is 24.1 Å². The number of carbonyl (C=O) groups excluding carboxylic acids is 1. The van der Waals surface area contributed by atoms with Crippen LogP contribution >= 0.6 is 11.6 Å². The van der Waals surface area contributed by atoms with Gasteiger partial charge >= 0.3 is 6.09 Å². The Labute approximate surface area is 186 Å². The zero-order valence-corrected chi connectivity index (χ0v) is 17.8. The molecule has 32 heavy (non-hydrogen) atoms.